The summed E-state index contributed by atoms with van der Waals surface area (Å²) >= 11 is 0. The van der Waals surface area contributed by atoms with Crippen LogP contribution in [0.25, 0.3) is 11.3 Å². The van der Waals surface area contributed by atoms with Crippen molar-refractivity contribution in [1.82, 2.24) is 24.9 Å². The number of carbonyl (C=O) groups excluding carboxylic acids is 1. The minimum Gasteiger partial charge on any atom is -0.504 e. The summed E-state index contributed by atoms with van der Waals surface area (Å²) < 4.78 is 0. The van der Waals surface area contributed by atoms with Gasteiger partial charge >= 0.3 is 0 Å². The van der Waals surface area contributed by atoms with E-state index in [2.05, 4.69) is 41.7 Å². The van der Waals surface area contributed by atoms with Crippen LogP contribution in [-0.2, 0) is 0 Å². The standard InChI is InChI=1S/C26H22N8O2/c27-24(36)22-23(35)21(20-8-6-18(7-9-20)4-5-19-3-1-10-28-17-19)31-26(32-22)34-15-13-33(14-16-34)25-29-11-2-12-30-25/h1-3,6-12,17,35H,13-16H2,(H2,27,36). The second-order valence-electron chi connectivity index (χ2n) is 8.03. The first kappa shape index (κ1) is 22.7. The van der Waals surface area contributed by atoms with E-state index in [4.69, 9.17) is 5.73 Å². The molecule has 0 aliphatic carbocycles. The molecule has 1 aliphatic rings. The van der Waals surface area contributed by atoms with E-state index in [0.717, 1.165) is 11.1 Å². The van der Waals surface area contributed by atoms with E-state index in [1.807, 2.05) is 29.2 Å². The molecule has 4 aromatic rings. The lowest BCUT2D eigenvalue weighted by atomic mass is 10.1. The number of benzene rings is 1. The largest absolute Gasteiger partial charge is 0.504 e. The summed E-state index contributed by atoms with van der Waals surface area (Å²) in [6.07, 6.45) is 6.80. The molecule has 1 saturated heterocycles. The summed E-state index contributed by atoms with van der Waals surface area (Å²) in [4.78, 5) is 37.6. The number of nitrogens with two attached hydrogens (primary N) is 1. The van der Waals surface area contributed by atoms with Crippen LogP contribution in [0, 0.1) is 11.8 Å². The average molecular weight is 479 g/mol. The van der Waals surface area contributed by atoms with Crippen LogP contribution in [0.15, 0.2) is 67.3 Å². The van der Waals surface area contributed by atoms with Crippen molar-refractivity contribution < 1.29 is 9.90 Å². The molecular weight excluding hydrogens is 456 g/mol. The first-order valence-electron chi connectivity index (χ1n) is 11.3. The molecule has 0 spiro atoms. The topological polar surface area (TPSA) is 134 Å². The summed E-state index contributed by atoms with van der Waals surface area (Å²) in [6.45, 7) is 2.48. The minimum atomic E-state index is -0.826. The van der Waals surface area contributed by atoms with Crippen molar-refractivity contribution in [2.24, 2.45) is 5.73 Å². The van der Waals surface area contributed by atoms with Crippen LogP contribution in [0.5, 0.6) is 5.75 Å². The van der Waals surface area contributed by atoms with Gasteiger partial charge in [-0.25, -0.2) is 19.9 Å². The third-order valence-corrected chi connectivity index (χ3v) is 5.67. The van der Waals surface area contributed by atoms with Gasteiger partial charge in [-0.3, -0.25) is 9.78 Å². The van der Waals surface area contributed by atoms with Gasteiger partial charge in [0.05, 0.1) is 0 Å². The molecule has 3 aromatic heterocycles. The highest BCUT2D eigenvalue weighted by Gasteiger charge is 2.25. The Balaban J connectivity index is 1.40. The van der Waals surface area contributed by atoms with Gasteiger partial charge in [0.25, 0.3) is 5.91 Å². The number of carbonyl (C=O) groups is 1. The Labute approximate surface area is 207 Å². The highest BCUT2D eigenvalue weighted by Crippen LogP contribution is 2.32. The van der Waals surface area contributed by atoms with E-state index in [-0.39, 0.29) is 17.1 Å². The summed E-state index contributed by atoms with van der Waals surface area (Å²) in [5.74, 6) is 5.95. The number of aromatic hydroxyl groups is 1. The zero-order valence-corrected chi connectivity index (χ0v) is 19.2. The molecule has 1 aromatic carbocycles. The van der Waals surface area contributed by atoms with Gasteiger partial charge in [0.2, 0.25) is 11.9 Å². The molecule has 0 radical (unpaired) electrons. The van der Waals surface area contributed by atoms with Crippen molar-refractivity contribution in [3.8, 4) is 28.8 Å². The van der Waals surface area contributed by atoms with Gasteiger partial charge in [0.1, 0.15) is 5.69 Å². The molecule has 0 bridgehead atoms. The lowest BCUT2D eigenvalue weighted by molar-refractivity contribution is 0.0992. The van der Waals surface area contributed by atoms with Crippen molar-refractivity contribution in [2.75, 3.05) is 36.0 Å². The molecule has 0 unspecified atom stereocenters. The lowest BCUT2D eigenvalue weighted by Gasteiger charge is -2.34. The molecular formula is C26H22N8O2. The number of rotatable bonds is 4. The number of piperazine rings is 1. The Morgan fingerprint density at radius 3 is 2.14 bits per heavy atom. The van der Waals surface area contributed by atoms with E-state index < -0.39 is 5.91 Å². The number of nitrogens with zero attached hydrogens (tertiary/aromatic N) is 7. The van der Waals surface area contributed by atoms with Crippen LogP contribution in [0.1, 0.15) is 21.6 Å². The Morgan fingerprint density at radius 2 is 1.50 bits per heavy atom. The number of hydrogen-bond acceptors (Lipinski definition) is 9. The summed E-state index contributed by atoms with van der Waals surface area (Å²) in [6, 6.07) is 12.7. The number of amides is 1. The van der Waals surface area contributed by atoms with Gasteiger partial charge in [0.15, 0.2) is 11.4 Å². The SMILES string of the molecule is NC(=O)c1nc(N2CCN(c3ncccn3)CC2)nc(-c2ccc(C#Cc3cccnc3)cc2)c1O. The van der Waals surface area contributed by atoms with Gasteiger partial charge in [-0.05, 0) is 30.3 Å². The van der Waals surface area contributed by atoms with Crippen LogP contribution < -0.4 is 15.5 Å². The Morgan fingerprint density at radius 1 is 0.833 bits per heavy atom. The molecule has 0 saturated carbocycles. The fourth-order valence-corrected chi connectivity index (χ4v) is 3.81. The van der Waals surface area contributed by atoms with E-state index in [1.165, 1.54) is 0 Å². The van der Waals surface area contributed by atoms with Crippen molar-refractivity contribution in [3.05, 3.63) is 84.1 Å². The predicted molar refractivity (Wildman–Crippen MR) is 134 cm³/mol. The number of primary amides is 1. The van der Waals surface area contributed by atoms with Gasteiger partial charge in [-0.1, -0.05) is 24.0 Å². The molecule has 4 heterocycles. The van der Waals surface area contributed by atoms with Crippen LogP contribution in [0.3, 0.4) is 0 Å². The highest BCUT2D eigenvalue weighted by molar-refractivity contribution is 5.96. The van der Waals surface area contributed by atoms with Crippen molar-refractivity contribution in [2.45, 2.75) is 0 Å². The first-order chi connectivity index (χ1) is 17.6. The Bertz CT molecular complexity index is 1430. The average Bonchev–Trinajstić information content (AvgIpc) is 2.93. The molecule has 0 atom stereocenters. The molecule has 3 N–H and O–H groups in total. The second kappa shape index (κ2) is 10.1. The molecule has 36 heavy (non-hydrogen) atoms. The summed E-state index contributed by atoms with van der Waals surface area (Å²) in [5, 5.41) is 10.7. The maximum Gasteiger partial charge on any atom is 0.271 e. The number of pyridine rings is 1. The molecule has 1 aliphatic heterocycles. The zero-order chi connectivity index (χ0) is 24.9. The molecule has 10 heteroatoms. The van der Waals surface area contributed by atoms with E-state index >= 15 is 0 Å². The second-order valence-corrected chi connectivity index (χ2v) is 8.03. The lowest BCUT2D eigenvalue weighted by Crippen LogP contribution is -2.47. The minimum absolute atomic E-state index is 0.218. The Hall–Kier alpha value is -5.04. The third kappa shape index (κ3) is 4.90. The number of aromatic nitrogens is 5. The molecule has 5 rings (SSSR count). The van der Waals surface area contributed by atoms with E-state index in [9.17, 15) is 9.90 Å². The normalized spacial score (nSPS) is 13.1. The number of hydrogen-bond donors (Lipinski definition) is 2. The van der Waals surface area contributed by atoms with Crippen molar-refractivity contribution >= 4 is 17.8 Å². The monoisotopic (exact) mass is 478 g/mol. The van der Waals surface area contributed by atoms with Gasteiger partial charge in [0, 0.05) is 67.7 Å². The molecule has 1 amide bonds. The maximum atomic E-state index is 12.1. The molecule has 10 nitrogen and oxygen atoms in total. The molecule has 178 valence electrons. The fourth-order valence-electron chi connectivity index (χ4n) is 3.81. The van der Waals surface area contributed by atoms with Crippen LogP contribution in [-0.4, -0.2) is 62.1 Å². The zero-order valence-electron chi connectivity index (χ0n) is 19.2. The maximum absolute atomic E-state index is 12.1. The molecule has 1 fully saturated rings. The summed E-state index contributed by atoms with van der Waals surface area (Å²) in [5.41, 5.74) is 7.74. The third-order valence-electron chi connectivity index (χ3n) is 5.67. The van der Waals surface area contributed by atoms with E-state index in [1.54, 1.807) is 43.0 Å². The van der Waals surface area contributed by atoms with Crippen molar-refractivity contribution in [1.29, 1.82) is 0 Å². The quantitative estimate of drug-likeness (QED) is 0.422. The first-order valence-corrected chi connectivity index (χ1v) is 11.3. The predicted octanol–water partition coefficient (Wildman–Crippen LogP) is 1.86. The van der Waals surface area contributed by atoms with Crippen LogP contribution >= 0.6 is 0 Å². The van der Waals surface area contributed by atoms with Crippen LogP contribution in [0.4, 0.5) is 11.9 Å². The van der Waals surface area contributed by atoms with Gasteiger partial charge in [-0.2, -0.15) is 0 Å². The smallest absolute Gasteiger partial charge is 0.271 e. The van der Waals surface area contributed by atoms with E-state index in [0.29, 0.717) is 43.6 Å². The van der Waals surface area contributed by atoms with Gasteiger partial charge in [-0.15, -0.1) is 0 Å². The Kier molecular flexibility index (Phi) is 6.36. The highest BCUT2D eigenvalue weighted by atomic mass is 16.3. The summed E-state index contributed by atoms with van der Waals surface area (Å²) in [7, 11) is 0. The van der Waals surface area contributed by atoms with Crippen molar-refractivity contribution in [3.63, 3.8) is 0 Å². The van der Waals surface area contributed by atoms with Crippen LogP contribution in [0.2, 0.25) is 0 Å². The van der Waals surface area contributed by atoms with Gasteiger partial charge < -0.3 is 20.6 Å². The number of anilines is 2. The fraction of sp³-hybridized carbons (Fsp3) is 0.154.